The maximum atomic E-state index is 13.3. The van der Waals surface area contributed by atoms with Gasteiger partial charge in [0.15, 0.2) is 0 Å². The minimum Gasteiger partial charge on any atom is -0.344 e. The van der Waals surface area contributed by atoms with Crippen LogP contribution in [0.25, 0.3) is 0 Å². The van der Waals surface area contributed by atoms with Crippen molar-refractivity contribution in [3.8, 4) is 0 Å². The molecular weight excluding hydrogens is 496 g/mol. The van der Waals surface area contributed by atoms with E-state index in [4.69, 9.17) is 11.6 Å². The maximum Gasteiger partial charge on any atom is 0.358 e. The molecule has 2 atom stereocenters. The SMILES string of the molecule is CC(=O)CC(C=O)NC(=O)C1CCCN2C(=O)CCN(NC(=O)C(=O)Nc3ccc(Cl)cc3)C(=O)N12. The van der Waals surface area contributed by atoms with Gasteiger partial charge in [-0.15, -0.1) is 0 Å². The Morgan fingerprint density at radius 2 is 1.81 bits per heavy atom. The first-order valence-electron chi connectivity index (χ1n) is 11.1. The van der Waals surface area contributed by atoms with E-state index in [9.17, 15) is 33.6 Å². The molecule has 192 valence electrons. The van der Waals surface area contributed by atoms with Gasteiger partial charge in [-0.25, -0.2) is 19.8 Å². The van der Waals surface area contributed by atoms with Crippen molar-refractivity contribution in [1.82, 2.24) is 25.8 Å². The van der Waals surface area contributed by atoms with Gasteiger partial charge in [0.2, 0.25) is 11.8 Å². The third-order valence-electron chi connectivity index (χ3n) is 5.51. The molecule has 0 saturated carbocycles. The molecule has 2 unspecified atom stereocenters. The second-order valence-corrected chi connectivity index (χ2v) is 8.70. The van der Waals surface area contributed by atoms with Gasteiger partial charge in [-0.3, -0.25) is 29.4 Å². The highest BCUT2D eigenvalue weighted by atomic mass is 35.5. The van der Waals surface area contributed by atoms with E-state index in [2.05, 4.69) is 16.1 Å². The molecule has 2 aliphatic heterocycles. The lowest BCUT2D eigenvalue weighted by molar-refractivity contribution is -0.155. The second kappa shape index (κ2) is 11.6. The first-order valence-corrected chi connectivity index (χ1v) is 11.5. The fraction of sp³-hybridized carbons (Fsp3) is 0.409. The average Bonchev–Trinajstić information content (AvgIpc) is 2.96. The Hall–Kier alpha value is -4.00. The molecule has 13 nitrogen and oxygen atoms in total. The number of urea groups is 1. The Bertz CT molecular complexity index is 1080. The summed E-state index contributed by atoms with van der Waals surface area (Å²) in [5.41, 5.74) is 2.48. The number of amides is 6. The van der Waals surface area contributed by atoms with Gasteiger partial charge in [0, 0.05) is 30.1 Å². The van der Waals surface area contributed by atoms with Crippen molar-refractivity contribution >= 4 is 59.0 Å². The van der Waals surface area contributed by atoms with Crippen LogP contribution in [0.4, 0.5) is 10.5 Å². The zero-order chi connectivity index (χ0) is 26.4. The van der Waals surface area contributed by atoms with Gasteiger partial charge in [-0.2, -0.15) is 0 Å². The minimum absolute atomic E-state index is 0.164. The summed E-state index contributed by atoms with van der Waals surface area (Å²) in [7, 11) is 0. The van der Waals surface area contributed by atoms with E-state index in [1.165, 1.54) is 31.2 Å². The summed E-state index contributed by atoms with van der Waals surface area (Å²) < 4.78 is 0. The van der Waals surface area contributed by atoms with Gasteiger partial charge in [0.25, 0.3) is 0 Å². The van der Waals surface area contributed by atoms with Crippen LogP contribution in [0.1, 0.15) is 32.6 Å². The van der Waals surface area contributed by atoms with Crippen molar-refractivity contribution in [1.29, 1.82) is 0 Å². The topological polar surface area (TPSA) is 165 Å². The maximum absolute atomic E-state index is 13.3. The zero-order valence-electron chi connectivity index (χ0n) is 19.4. The predicted octanol–water partition coefficient (Wildman–Crippen LogP) is 0.00620. The van der Waals surface area contributed by atoms with Crippen molar-refractivity contribution in [2.45, 2.75) is 44.7 Å². The molecule has 36 heavy (non-hydrogen) atoms. The largest absolute Gasteiger partial charge is 0.358 e. The molecule has 3 rings (SSSR count). The minimum atomic E-state index is -1.18. The summed E-state index contributed by atoms with van der Waals surface area (Å²) >= 11 is 5.80. The highest BCUT2D eigenvalue weighted by Crippen LogP contribution is 2.24. The molecule has 14 heteroatoms. The van der Waals surface area contributed by atoms with Crippen LogP contribution in [-0.2, 0) is 28.8 Å². The third kappa shape index (κ3) is 6.36. The first-order chi connectivity index (χ1) is 17.1. The summed E-state index contributed by atoms with van der Waals surface area (Å²) in [5.74, 6) is -3.74. The van der Waals surface area contributed by atoms with Gasteiger partial charge >= 0.3 is 17.8 Å². The number of Topliss-reactive ketones (excluding diaryl/α,β-unsaturated/α-hetero) is 1. The van der Waals surface area contributed by atoms with E-state index < -0.39 is 41.7 Å². The number of hydrazine groups is 2. The van der Waals surface area contributed by atoms with Gasteiger partial charge in [0.05, 0.1) is 12.6 Å². The number of hydrogen-bond donors (Lipinski definition) is 3. The normalized spacial score (nSPS) is 18.5. The molecule has 0 spiro atoms. The molecule has 1 aromatic rings. The fourth-order valence-corrected chi connectivity index (χ4v) is 3.96. The number of halogens is 1. The van der Waals surface area contributed by atoms with E-state index in [-0.39, 0.29) is 38.1 Å². The Kier molecular flexibility index (Phi) is 8.59. The van der Waals surface area contributed by atoms with Crippen molar-refractivity contribution in [3.63, 3.8) is 0 Å². The number of ketones is 1. The molecule has 1 aromatic carbocycles. The monoisotopic (exact) mass is 520 g/mol. The quantitative estimate of drug-likeness (QED) is 0.336. The van der Waals surface area contributed by atoms with Crippen molar-refractivity contribution in [3.05, 3.63) is 29.3 Å². The van der Waals surface area contributed by atoms with E-state index in [0.29, 0.717) is 23.4 Å². The average molecular weight is 521 g/mol. The van der Waals surface area contributed by atoms with Gasteiger partial charge < -0.3 is 15.4 Å². The third-order valence-corrected chi connectivity index (χ3v) is 5.77. The fourth-order valence-electron chi connectivity index (χ4n) is 3.83. The van der Waals surface area contributed by atoms with E-state index in [1.54, 1.807) is 0 Å². The number of hydrogen-bond acceptors (Lipinski definition) is 7. The van der Waals surface area contributed by atoms with Crippen molar-refractivity contribution < 1.29 is 33.6 Å². The predicted molar refractivity (Wildman–Crippen MR) is 125 cm³/mol. The van der Waals surface area contributed by atoms with Crippen LogP contribution in [0.15, 0.2) is 24.3 Å². The van der Waals surface area contributed by atoms with Crippen LogP contribution in [-0.4, -0.2) is 81.9 Å². The smallest absolute Gasteiger partial charge is 0.344 e. The van der Waals surface area contributed by atoms with Crippen molar-refractivity contribution in [2.75, 3.05) is 18.4 Å². The summed E-state index contributed by atoms with van der Waals surface area (Å²) in [5, 5.41) is 8.05. The first kappa shape index (κ1) is 26.6. The summed E-state index contributed by atoms with van der Waals surface area (Å²) in [6.07, 6.45) is 0.606. The molecular formula is C22H25ClN6O7. The molecule has 0 bridgehead atoms. The number of fused-ring (bicyclic) bond motifs is 1. The Morgan fingerprint density at radius 1 is 1.11 bits per heavy atom. The van der Waals surface area contributed by atoms with Gasteiger partial charge in [-0.05, 0) is 44.0 Å². The Morgan fingerprint density at radius 3 is 2.44 bits per heavy atom. The number of carbonyl (C=O) groups excluding carboxylic acids is 7. The molecule has 2 aliphatic rings. The molecule has 0 aromatic heterocycles. The van der Waals surface area contributed by atoms with Crippen LogP contribution in [0, 0.1) is 0 Å². The molecule has 2 fully saturated rings. The van der Waals surface area contributed by atoms with Gasteiger partial charge in [0.1, 0.15) is 18.1 Å². The van der Waals surface area contributed by atoms with E-state index in [0.717, 1.165) is 15.0 Å². The Labute approximate surface area is 211 Å². The molecule has 2 heterocycles. The van der Waals surface area contributed by atoms with Crippen LogP contribution in [0.3, 0.4) is 0 Å². The summed E-state index contributed by atoms with van der Waals surface area (Å²) in [6.45, 7) is 1.20. The highest BCUT2D eigenvalue weighted by Gasteiger charge is 2.44. The van der Waals surface area contributed by atoms with E-state index in [1.807, 2.05) is 0 Å². The number of rotatable bonds is 7. The van der Waals surface area contributed by atoms with Gasteiger partial charge in [-0.1, -0.05) is 11.6 Å². The summed E-state index contributed by atoms with van der Waals surface area (Å²) in [4.78, 5) is 86.4. The summed E-state index contributed by atoms with van der Waals surface area (Å²) in [6, 6.07) is 2.83. The van der Waals surface area contributed by atoms with Crippen LogP contribution >= 0.6 is 11.6 Å². The number of benzene rings is 1. The lowest BCUT2D eigenvalue weighted by Crippen LogP contribution is -2.65. The lowest BCUT2D eigenvalue weighted by Gasteiger charge is -2.42. The van der Waals surface area contributed by atoms with Crippen LogP contribution < -0.4 is 16.1 Å². The number of nitrogens with one attached hydrogen (secondary N) is 3. The molecule has 0 radical (unpaired) electrons. The zero-order valence-corrected chi connectivity index (χ0v) is 20.1. The van der Waals surface area contributed by atoms with Crippen LogP contribution in [0.5, 0.6) is 0 Å². The number of anilines is 1. The molecule has 0 aliphatic carbocycles. The Balaban J connectivity index is 1.74. The number of nitrogens with zero attached hydrogens (tertiary/aromatic N) is 3. The second-order valence-electron chi connectivity index (χ2n) is 8.26. The molecule has 2 saturated heterocycles. The molecule has 6 amide bonds. The highest BCUT2D eigenvalue weighted by molar-refractivity contribution is 6.39. The standard InChI is InChI=1S/C22H25ClN6O7/c1-13(31)11-16(12-30)25-19(33)17-3-2-9-28-18(32)8-10-27(22(36)29(17)28)26-21(35)20(34)24-15-6-4-14(23)5-7-15/h4-7,12,16-17H,2-3,8-11H2,1H3,(H,24,34)(H,25,33)(H,26,35). The number of carbonyl (C=O) groups is 7. The lowest BCUT2D eigenvalue weighted by atomic mass is 10.1. The molecule has 3 N–H and O–H groups in total. The van der Waals surface area contributed by atoms with E-state index >= 15 is 0 Å². The van der Waals surface area contributed by atoms with Crippen LogP contribution in [0.2, 0.25) is 5.02 Å². The number of aldehydes is 1. The van der Waals surface area contributed by atoms with Crippen molar-refractivity contribution in [2.24, 2.45) is 0 Å².